The van der Waals surface area contributed by atoms with Crippen LogP contribution >= 0.6 is 11.8 Å². The van der Waals surface area contributed by atoms with Crippen molar-refractivity contribution in [2.45, 2.75) is 65.4 Å². The van der Waals surface area contributed by atoms with Gasteiger partial charge in [-0.2, -0.15) is 11.8 Å². The first kappa shape index (κ1) is 18.2. The summed E-state index contributed by atoms with van der Waals surface area (Å²) in [5.41, 5.74) is 4.54. The van der Waals surface area contributed by atoms with Crippen molar-refractivity contribution in [1.29, 1.82) is 0 Å². The zero-order valence-electron chi connectivity index (χ0n) is 14.1. The average Bonchev–Trinajstić information content (AvgIpc) is 2.63. The maximum absolute atomic E-state index is 6.09. The maximum Gasteiger partial charge on any atom is 0.120 e. The molecule has 0 radical (unpaired) electrons. The van der Waals surface area contributed by atoms with Crippen LogP contribution in [-0.4, -0.2) is 17.1 Å². The van der Waals surface area contributed by atoms with Gasteiger partial charge in [0.1, 0.15) is 11.4 Å². The van der Waals surface area contributed by atoms with Crippen LogP contribution < -0.4 is 0 Å². The van der Waals surface area contributed by atoms with Gasteiger partial charge in [-0.25, -0.2) is 0 Å². The smallest absolute Gasteiger partial charge is 0.120 e. The number of allylic oxidation sites excluding steroid dienone is 4. The molecule has 1 nitrogen and oxygen atoms in total. The largest absolute Gasteiger partial charge is 0.488 e. The summed E-state index contributed by atoms with van der Waals surface area (Å²) in [6, 6.07) is 0. The van der Waals surface area contributed by atoms with Gasteiger partial charge in [0.2, 0.25) is 0 Å². The van der Waals surface area contributed by atoms with Crippen molar-refractivity contribution in [3.63, 3.8) is 0 Å². The van der Waals surface area contributed by atoms with Crippen LogP contribution in [0, 0.1) is 0 Å². The molecule has 21 heavy (non-hydrogen) atoms. The highest BCUT2D eigenvalue weighted by atomic mass is 32.2. The normalized spacial score (nSPS) is 14.7. The van der Waals surface area contributed by atoms with Crippen molar-refractivity contribution >= 4 is 11.8 Å². The zero-order chi connectivity index (χ0) is 15.6. The molecule has 0 atom stereocenters. The number of hydrogen-bond acceptors (Lipinski definition) is 2. The zero-order valence-corrected chi connectivity index (χ0v) is 14.9. The molecule has 0 aromatic carbocycles. The minimum atomic E-state index is -0.0966. The van der Waals surface area contributed by atoms with Crippen LogP contribution in [0.3, 0.4) is 0 Å². The van der Waals surface area contributed by atoms with Crippen LogP contribution in [-0.2, 0) is 4.74 Å². The molecule has 0 aromatic rings. The number of ether oxygens (including phenoxy) is 1. The fourth-order valence-electron chi connectivity index (χ4n) is 2.38. The van der Waals surface area contributed by atoms with Crippen molar-refractivity contribution < 1.29 is 4.74 Å². The van der Waals surface area contributed by atoms with E-state index in [9.17, 15) is 0 Å². The highest BCUT2D eigenvalue weighted by Crippen LogP contribution is 2.23. The van der Waals surface area contributed by atoms with Gasteiger partial charge in [0.25, 0.3) is 0 Å². The second-order valence-corrected chi connectivity index (χ2v) is 7.40. The van der Waals surface area contributed by atoms with E-state index >= 15 is 0 Å². The quantitative estimate of drug-likeness (QED) is 0.359. The van der Waals surface area contributed by atoms with E-state index in [-0.39, 0.29) is 5.60 Å². The molecule has 0 aliphatic heterocycles. The van der Waals surface area contributed by atoms with E-state index in [1.54, 1.807) is 0 Å². The van der Waals surface area contributed by atoms with Gasteiger partial charge in [0.05, 0.1) is 0 Å². The topological polar surface area (TPSA) is 9.23 Å². The Balaban J connectivity index is 2.41. The lowest BCUT2D eigenvalue weighted by molar-refractivity contribution is 0.0338. The third-order valence-electron chi connectivity index (χ3n) is 3.40. The monoisotopic (exact) mass is 306 g/mol. The lowest BCUT2D eigenvalue weighted by Crippen LogP contribution is -2.23. The molecule has 0 heterocycles. The molecule has 2 heteroatoms. The van der Waals surface area contributed by atoms with Crippen molar-refractivity contribution in [2.75, 3.05) is 11.5 Å². The summed E-state index contributed by atoms with van der Waals surface area (Å²) < 4.78 is 6.09. The van der Waals surface area contributed by atoms with Crippen LogP contribution in [0.5, 0.6) is 0 Å². The van der Waals surface area contributed by atoms with Crippen molar-refractivity contribution in [2.24, 2.45) is 0 Å². The number of rotatable bonds is 10. The fourth-order valence-corrected chi connectivity index (χ4v) is 3.07. The van der Waals surface area contributed by atoms with Gasteiger partial charge in [-0.1, -0.05) is 20.3 Å². The molecule has 0 amide bonds. The number of thioether (sulfide) groups is 1. The minimum absolute atomic E-state index is 0.0966. The number of unbranched alkanes of at least 4 members (excludes halogenated alkanes) is 1. The summed E-state index contributed by atoms with van der Waals surface area (Å²) >= 11 is 2.02. The second kappa shape index (κ2) is 9.97. The Hall–Kier alpha value is -0.850. The Labute approximate surface area is 135 Å². The average molecular weight is 307 g/mol. The van der Waals surface area contributed by atoms with Crippen molar-refractivity contribution in [1.82, 2.24) is 0 Å². The fraction of sp³-hybridized carbons (Fsp3) is 0.632. The summed E-state index contributed by atoms with van der Waals surface area (Å²) in [4.78, 5) is 0. The second-order valence-electron chi connectivity index (χ2n) is 6.00. The molecule has 1 rings (SSSR count). The maximum atomic E-state index is 6.09. The van der Waals surface area contributed by atoms with Gasteiger partial charge in [-0.3, -0.25) is 0 Å². The van der Waals surface area contributed by atoms with E-state index in [1.165, 1.54) is 29.9 Å². The van der Waals surface area contributed by atoms with Crippen LogP contribution in [0.25, 0.3) is 0 Å². The molecule has 0 bridgehead atoms. The van der Waals surface area contributed by atoms with Crippen molar-refractivity contribution in [3.05, 3.63) is 41.4 Å². The highest BCUT2D eigenvalue weighted by molar-refractivity contribution is 7.99. The van der Waals surface area contributed by atoms with Crippen LogP contribution in [0.15, 0.2) is 41.4 Å². The Morgan fingerprint density at radius 1 is 1.19 bits per heavy atom. The molecule has 0 unspecified atom stereocenters. The molecule has 0 saturated heterocycles. The Morgan fingerprint density at radius 3 is 2.71 bits per heavy atom. The SMILES string of the molecule is CCCC(C)(C)OC1=CC=C=C(CCCCSCC)C=C1. The molecule has 1 aliphatic rings. The van der Waals surface area contributed by atoms with Crippen molar-refractivity contribution in [3.8, 4) is 0 Å². The molecule has 0 saturated carbocycles. The molecular weight excluding hydrogens is 276 g/mol. The molecule has 0 spiro atoms. The van der Waals surface area contributed by atoms with Crippen LogP contribution in [0.2, 0.25) is 0 Å². The van der Waals surface area contributed by atoms with Gasteiger partial charge in [0, 0.05) is 0 Å². The lowest BCUT2D eigenvalue weighted by Gasteiger charge is -2.26. The van der Waals surface area contributed by atoms with Gasteiger partial charge in [-0.15, -0.1) is 5.73 Å². The number of hydrogen-bond donors (Lipinski definition) is 0. The lowest BCUT2D eigenvalue weighted by atomic mass is 10.0. The van der Waals surface area contributed by atoms with E-state index in [4.69, 9.17) is 4.74 Å². The first-order valence-corrected chi connectivity index (χ1v) is 9.33. The van der Waals surface area contributed by atoms with Gasteiger partial charge >= 0.3 is 0 Å². The van der Waals surface area contributed by atoms with E-state index < -0.39 is 0 Å². The van der Waals surface area contributed by atoms with Crippen LogP contribution in [0.1, 0.15) is 59.8 Å². The minimum Gasteiger partial charge on any atom is -0.488 e. The molecule has 1 aliphatic carbocycles. The summed E-state index contributed by atoms with van der Waals surface area (Å²) in [5.74, 6) is 3.44. The molecule has 118 valence electrons. The summed E-state index contributed by atoms with van der Waals surface area (Å²) in [6.45, 7) is 8.72. The van der Waals surface area contributed by atoms with E-state index in [2.05, 4.69) is 45.6 Å². The van der Waals surface area contributed by atoms with Crippen LogP contribution in [0.4, 0.5) is 0 Å². The summed E-state index contributed by atoms with van der Waals surface area (Å²) in [6.07, 6.45) is 14.1. The van der Waals surface area contributed by atoms with E-state index in [0.29, 0.717) is 0 Å². The first-order valence-electron chi connectivity index (χ1n) is 8.18. The first-order chi connectivity index (χ1) is 10.1. The Bertz CT molecular complexity index is 423. The summed E-state index contributed by atoms with van der Waals surface area (Å²) in [5, 5.41) is 0. The standard InChI is InChI=1S/C19H30OS/c1-5-15-19(3,4)20-18-12-9-11-17(13-14-18)10-7-8-16-21-6-2/h9,12-14H,5-8,10,15-16H2,1-4H3. The predicted molar refractivity (Wildman–Crippen MR) is 95.7 cm³/mol. The van der Waals surface area contributed by atoms with Gasteiger partial charge in [-0.05, 0) is 80.9 Å². The van der Waals surface area contributed by atoms with Gasteiger partial charge in [0.15, 0.2) is 0 Å². The van der Waals surface area contributed by atoms with E-state index in [1.807, 2.05) is 23.9 Å². The molecular formula is C19H30OS. The molecule has 0 aromatic heterocycles. The summed E-state index contributed by atoms with van der Waals surface area (Å²) in [7, 11) is 0. The van der Waals surface area contributed by atoms with Gasteiger partial charge < -0.3 is 4.74 Å². The molecule has 0 fully saturated rings. The third kappa shape index (κ3) is 8.24. The highest BCUT2D eigenvalue weighted by Gasteiger charge is 2.18. The molecule has 0 N–H and O–H groups in total. The predicted octanol–water partition coefficient (Wildman–Crippen LogP) is 6.04. The Kier molecular flexibility index (Phi) is 8.64. The van der Waals surface area contributed by atoms with E-state index in [0.717, 1.165) is 25.0 Å². The third-order valence-corrected chi connectivity index (χ3v) is 4.39. The Morgan fingerprint density at radius 2 is 2.00 bits per heavy atom.